The summed E-state index contributed by atoms with van der Waals surface area (Å²) in [7, 11) is 3.29. The Kier molecular flexibility index (Phi) is 10.9. The van der Waals surface area contributed by atoms with E-state index in [2.05, 4.69) is 10.6 Å². The minimum atomic E-state index is -1.09. The Hall–Kier alpha value is -4.99. The van der Waals surface area contributed by atoms with Crippen molar-refractivity contribution in [3.8, 4) is 17.2 Å². The van der Waals surface area contributed by atoms with Gasteiger partial charge in [-0.05, 0) is 73.7 Å². The highest BCUT2D eigenvalue weighted by Gasteiger charge is 2.25. The smallest absolute Gasteiger partial charge is 0.323 e. The van der Waals surface area contributed by atoms with Crippen LogP contribution < -0.4 is 20.1 Å². The van der Waals surface area contributed by atoms with Gasteiger partial charge in [0.25, 0.3) is 5.91 Å². The van der Waals surface area contributed by atoms with Gasteiger partial charge in [0, 0.05) is 29.4 Å². The summed E-state index contributed by atoms with van der Waals surface area (Å²) in [5, 5.41) is 25.6. The molecule has 4 rings (SSSR count). The molecule has 0 aliphatic carbocycles. The van der Waals surface area contributed by atoms with E-state index in [0.717, 1.165) is 59.3 Å². The van der Waals surface area contributed by atoms with Crippen LogP contribution in [0.2, 0.25) is 0 Å². The number of nitrogens with zero attached hydrogens (tertiary/aromatic N) is 1. The number of aromatic nitrogens is 1. The molecule has 0 saturated heterocycles. The number of aromatic hydroxyl groups is 1. The number of benzene rings is 3. The largest absolute Gasteiger partial charge is 0.508 e. The van der Waals surface area contributed by atoms with Crippen LogP contribution in [0.3, 0.4) is 0 Å². The second-order valence-electron chi connectivity index (χ2n) is 10.7. The monoisotopic (exact) mass is 601 g/mol. The van der Waals surface area contributed by atoms with Crippen LogP contribution in [-0.4, -0.2) is 59.4 Å². The fraction of sp³-hybridized carbons (Fsp3) is 0.324. The molecule has 4 N–H and O–H groups in total. The van der Waals surface area contributed by atoms with Crippen molar-refractivity contribution in [1.82, 2.24) is 15.2 Å². The van der Waals surface area contributed by atoms with E-state index in [1.54, 1.807) is 50.6 Å². The normalized spacial score (nSPS) is 11.6. The van der Waals surface area contributed by atoms with Crippen LogP contribution >= 0.6 is 0 Å². The summed E-state index contributed by atoms with van der Waals surface area (Å²) in [5.74, 6) is -0.303. The van der Waals surface area contributed by atoms with Crippen molar-refractivity contribution in [2.24, 2.45) is 0 Å². The molecule has 10 nitrogen and oxygen atoms in total. The van der Waals surface area contributed by atoms with E-state index < -0.39 is 24.5 Å². The van der Waals surface area contributed by atoms with E-state index >= 15 is 0 Å². The number of phenols is 1. The maximum absolute atomic E-state index is 13.5. The number of rotatable bonds is 15. The average molecular weight is 602 g/mol. The topological polar surface area (TPSA) is 139 Å². The van der Waals surface area contributed by atoms with Crippen LogP contribution in [0, 0.1) is 6.92 Å². The van der Waals surface area contributed by atoms with Gasteiger partial charge in [-0.3, -0.25) is 14.4 Å². The molecule has 10 heteroatoms. The van der Waals surface area contributed by atoms with E-state index in [-0.39, 0.29) is 23.8 Å². The van der Waals surface area contributed by atoms with E-state index in [0.29, 0.717) is 12.1 Å². The Morgan fingerprint density at radius 1 is 0.909 bits per heavy atom. The molecule has 1 heterocycles. The quantitative estimate of drug-likeness (QED) is 0.146. The van der Waals surface area contributed by atoms with Crippen molar-refractivity contribution in [2.45, 2.75) is 51.6 Å². The minimum Gasteiger partial charge on any atom is -0.508 e. The molecular formula is C34H39N3O7. The van der Waals surface area contributed by atoms with Crippen LogP contribution in [0.5, 0.6) is 17.2 Å². The van der Waals surface area contributed by atoms with Gasteiger partial charge in [-0.15, -0.1) is 0 Å². The number of aryl methyl sites for hydroxylation is 1. The van der Waals surface area contributed by atoms with Crippen molar-refractivity contribution in [3.05, 3.63) is 89.1 Å². The molecule has 2 amide bonds. The zero-order chi connectivity index (χ0) is 31.6. The van der Waals surface area contributed by atoms with Crippen molar-refractivity contribution >= 4 is 28.7 Å². The number of hydrogen-bond donors (Lipinski definition) is 4. The lowest BCUT2D eigenvalue weighted by molar-refractivity contribution is -0.137. The summed E-state index contributed by atoms with van der Waals surface area (Å²) < 4.78 is 12.5. The molecule has 232 valence electrons. The molecular weight excluding hydrogens is 562 g/mol. The van der Waals surface area contributed by atoms with E-state index in [1.165, 1.54) is 16.7 Å². The van der Waals surface area contributed by atoms with E-state index in [1.807, 2.05) is 25.1 Å². The fourth-order valence-electron chi connectivity index (χ4n) is 5.31. The highest BCUT2D eigenvalue weighted by Crippen LogP contribution is 2.32. The molecule has 1 aromatic heterocycles. The summed E-state index contributed by atoms with van der Waals surface area (Å²) in [6.07, 6.45) is 3.40. The van der Waals surface area contributed by atoms with Gasteiger partial charge in [0.05, 0.1) is 14.2 Å². The van der Waals surface area contributed by atoms with Gasteiger partial charge in [-0.2, -0.15) is 0 Å². The number of aliphatic carboxylic acids is 1. The number of hydrogen-bond acceptors (Lipinski definition) is 6. The zero-order valence-corrected chi connectivity index (χ0v) is 25.3. The minimum absolute atomic E-state index is 0.0952. The molecule has 0 radical (unpaired) electrons. The molecule has 1 atom stereocenters. The van der Waals surface area contributed by atoms with E-state index in [4.69, 9.17) is 9.47 Å². The summed E-state index contributed by atoms with van der Waals surface area (Å²) in [5.41, 5.74) is 3.58. The van der Waals surface area contributed by atoms with Gasteiger partial charge < -0.3 is 34.9 Å². The Bertz CT molecular complexity index is 1590. The van der Waals surface area contributed by atoms with Crippen molar-refractivity contribution < 1.29 is 34.1 Å². The lowest BCUT2D eigenvalue weighted by atomic mass is 10.0. The molecule has 44 heavy (non-hydrogen) atoms. The number of carboxylic acid groups (broad SMARTS) is 1. The molecule has 0 aliphatic heterocycles. The maximum Gasteiger partial charge on any atom is 0.323 e. The summed E-state index contributed by atoms with van der Waals surface area (Å²) in [4.78, 5) is 38.4. The Morgan fingerprint density at radius 3 is 2.25 bits per heavy atom. The number of unbranched alkanes of at least 4 members (excludes halogenated alkanes) is 2. The number of nitrogens with one attached hydrogen (secondary N) is 2. The summed E-state index contributed by atoms with van der Waals surface area (Å²) in [6, 6.07) is 18.2. The maximum atomic E-state index is 13.5. The van der Waals surface area contributed by atoms with Gasteiger partial charge in [0.2, 0.25) is 5.91 Å². The third kappa shape index (κ3) is 8.09. The van der Waals surface area contributed by atoms with Crippen molar-refractivity contribution in [3.63, 3.8) is 0 Å². The van der Waals surface area contributed by atoms with Crippen molar-refractivity contribution in [1.29, 1.82) is 0 Å². The van der Waals surface area contributed by atoms with E-state index in [9.17, 15) is 24.6 Å². The third-order valence-corrected chi connectivity index (χ3v) is 7.49. The Morgan fingerprint density at radius 2 is 1.59 bits per heavy atom. The van der Waals surface area contributed by atoms with Crippen molar-refractivity contribution in [2.75, 3.05) is 20.8 Å². The number of ether oxygens (including phenoxy) is 2. The summed E-state index contributed by atoms with van der Waals surface area (Å²) in [6.45, 7) is 2.01. The molecule has 0 fully saturated rings. The highest BCUT2D eigenvalue weighted by atomic mass is 16.5. The first kappa shape index (κ1) is 31.9. The molecule has 0 unspecified atom stereocenters. The Balaban J connectivity index is 1.41. The lowest BCUT2D eigenvalue weighted by Gasteiger charge is -2.19. The predicted octanol–water partition coefficient (Wildman–Crippen LogP) is 4.63. The zero-order valence-electron chi connectivity index (χ0n) is 25.3. The number of amides is 2. The Labute approximate surface area is 256 Å². The first-order valence-corrected chi connectivity index (χ1v) is 14.6. The predicted molar refractivity (Wildman–Crippen MR) is 167 cm³/mol. The molecule has 0 spiro atoms. The van der Waals surface area contributed by atoms with Crippen LogP contribution in [0.25, 0.3) is 10.9 Å². The highest BCUT2D eigenvalue weighted by molar-refractivity contribution is 6.01. The SMILES string of the molecule is COc1cc(C)cc(OC)c1CCCCCNC(=O)[C@@H](Cc1ccc(O)cc1)NC(=O)c1cc2ccccc2n1CC(=O)O. The fourth-order valence-corrected chi connectivity index (χ4v) is 5.31. The molecule has 3 aromatic carbocycles. The number of carbonyl (C=O) groups excluding carboxylic acids is 2. The van der Waals surface area contributed by atoms with Gasteiger partial charge in [0.15, 0.2) is 0 Å². The number of methoxy groups -OCH3 is 2. The summed E-state index contributed by atoms with van der Waals surface area (Å²) >= 11 is 0. The van der Waals surface area contributed by atoms with Gasteiger partial charge >= 0.3 is 5.97 Å². The second kappa shape index (κ2) is 15.0. The molecule has 0 saturated carbocycles. The standard InChI is InChI=1S/C34H39N3O7/c1-22-17-30(43-2)26(31(18-22)44-3)10-5-4-8-16-35-33(41)27(19-23-12-14-25(38)15-13-23)36-34(42)29-20-24-9-6-7-11-28(24)37(29)21-32(39)40/h6-7,9,11-15,17-18,20,27,38H,4-5,8,10,16,19,21H2,1-3H3,(H,35,41)(H,36,42)(H,39,40)/t27-/m1/s1. The second-order valence-corrected chi connectivity index (χ2v) is 10.7. The number of carboxylic acids is 1. The van der Waals surface area contributed by atoms with Gasteiger partial charge in [-0.1, -0.05) is 36.8 Å². The number of phenolic OH excluding ortho intramolecular Hbond substituents is 1. The van der Waals surface area contributed by atoms with Gasteiger partial charge in [0.1, 0.15) is 35.5 Å². The van der Waals surface area contributed by atoms with Crippen LogP contribution in [0.15, 0.2) is 66.7 Å². The third-order valence-electron chi connectivity index (χ3n) is 7.49. The molecule has 0 aliphatic rings. The molecule has 4 aromatic rings. The number of para-hydroxylation sites is 1. The molecule has 0 bridgehead atoms. The van der Waals surface area contributed by atoms with Crippen LogP contribution in [-0.2, 0) is 29.0 Å². The van der Waals surface area contributed by atoms with Crippen LogP contribution in [0.1, 0.15) is 46.4 Å². The van der Waals surface area contributed by atoms with Crippen LogP contribution in [0.4, 0.5) is 0 Å². The first-order chi connectivity index (χ1) is 21.2. The average Bonchev–Trinajstić information content (AvgIpc) is 3.37. The van der Waals surface area contributed by atoms with Gasteiger partial charge in [-0.25, -0.2) is 0 Å². The number of carbonyl (C=O) groups is 3. The lowest BCUT2D eigenvalue weighted by Crippen LogP contribution is -2.48. The number of fused-ring (bicyclic) bond motifs is 1. The first-order valence-electron chi connectivity index (χ1n) is 14.6.